The third kappa shape index (κ3) is 5.93. The van der Waals surface area contributed by atoms with E-state index in [2.05, 4.69) is 24.1 Å². The molecular weight excluding hydrogens is 278 g/mol. The molecule has 1 rings (SSSR count). The average Bonchev–Trinajstić information content (AvgIpc) is 2.53. The molecular formula is C17H29N3O2. The molecule has 0 aromatic heterocycles. The SMILES string of the molecule is CCOc1cc(C(=O)NCCCCN(CC)CC)ccc1N. The molecule has 0 aliphatic heterocycles. The predicted molar refractivity (Wildman–Crippen MR) is 91.4 cm³/mol. The van der Waals surface area contributed by atoms with E-state index in [1.807, 2.05) is 6.92 Å². The highest BCUT2D eigenvalue weighted by Gasteiger charge is 2.08. The average molecular weight is 307 g/mol. The Bertz CT molecular complexity index is 459. The molecule has 0 aliphatic rings. The maximum atomic E-state index is 12.1. The highest BCUT2D eigenvalue weighted by atomic mass is 16.5. The van der Waals surface area contributed by atoms with Crippen molar-refractivity contribution in [3.63, 3.8) is 0 Å². The van der Waals surface area contributed by atoms with E-state index in [9.17, 15) is 4.79 Å². The molecule has 0 radical (unpaired) electrons. The van der Waals surface area contributed by atoms with Crippen LogP contribution in [-0.4, -0.2) is 43.6 Å². The number of nitrogens with zero attached hydrogens (tertiary/aromatic N) is 1. The summed E-state index contributed by atoms with van der Waals surface area (Å²) >= 11 is 0. The summed E-state index contributed by atoms with van der Waals surface area (Å²) < 4.78 is 5.41. The number of nitrogen functional groups attached to an aromatic ring is 1. The van der Waals surface area contributed by atoms with Crippen LogP contribution in [0, 0.1) is 0 Å². The molecule has 0 fully saturated rings. The molecule has 3 N–H and O–H groups in total. The zero-order valence-corrected chi connectivity index (χ0v) is 14.0. The van der Waals surface area contributed by atoms with Crippen LogP contribution in [0.1, 0.15) is 44.0 Å². The fourth-order valence-electron chi connectivity index (χ4n) is 2.26. The lowest BCUT2D eigenvalue weighted by Crippen LogP contribution is -2.27. The van der Waals surface area contributed by atoms with Gasteiger partial charge in [-0.3, -0.25) is 4.79 Å². The van der Waals surface area contributed by atoms with Crippen molar-refractivity contribution in [2.75, 3.05) is 38.5 Å². The zero-order chi connectivity index (χ0) is 16.4. The number of unbranched alkanes of at least 4 members (excludes halogenated alkanes) is 1. The van der Waals surface area contributed by atoms with Gasteiger partial charge in [0.1, 0.15) is 5.75 Å². The van der Waals surface area contributed by atoms with Gasteiger partial charge in [0, 0.05) is 12.1 Å². The van der Waals surface area contributed by atoms with Crippen molar-refractivity contribution in [3.05, 3.63) is 23.8 Å². The van der Waals surface area contributed by atoms with E-state index < -0.39 is 0 Å². The van der Waals surface area contributed by atoms with Crippen molar-refractivity contribution in [1.29, 1.82) is 0 Å². The number of benzene rings is 1. The van der Waals surface area contributed by atoms with Gasteiger partial charge in [0.2, 0.25) is 0 Å². The molecule has 0 heterocycles. The van der Waals surface area contributed by atoms with Gasteiger partial charge in [-0.2, -0.15) is 0 Å². The molecule has 0 saturated heterocycles. The first-order valence-electron chi connectivity index (χ1n) is 8.15. The first-order chi connectivity index (χ1) is 10.6. The summed E-state index contributed by atoms with van der Waals surface area (Å²) in [6.45, 7) is 10.7. The Kier molecular flexibility index (Phi) is 8.36. The van der Waals surface area contributed by atoms with Crippen LogP contribution >= 0.6 is 0 Å². The van der Waals surface area contributed by atoms with Gasteiger partial charge >= 0.3 is 0 Å². The van der Waals surface area contributed by atoms with E-state index in [-0.39, 0.29) is 5.91 Å². The second kappa shape index (κ2) is 10.1. The predicted octanol–water partition coefficient (Wildman–Crippen LogP) is 2.52. The fraction of sp³-hybridized carbons (Fsp3) is 0.588. The number of anilines is 1. The minimum atomic E-state index is -0.0798. The van der Waals surface area contributed by atoms with E-state index in [4.69, 9.17) is 10.5 Å². The summed E-state index contributed by atoms with van der Waals surface area (Å²) in [4.78, 5) is 14.5. The lowest BCUT2D eigenvalue weighted by Gasteiger charge is -2.17. The van der Waals surface area contributed by atoms with Crippen LogP contribution in [-0.2, 0) is 0 Å². The molecule has 0 unspecified atom stereocenters. The van der Waals surface area contributed by atoms with Crippen molar-refractivity contribution >= 4 is 11.6 Å². The molecule has 5 heteroatoms. The maximum absolute atomic E-state index is 12.1. The van der Waals surface area contributed by atoms with Crippen molar-refractivity contribution in [3.8, 4) is 5.75 Å². The number of nitrogens with one attached hydrogen (secondary N) is 1. The van der Waals surface area contributed by atoms with Gasteiger partial charge in [-0.25, -0.2) is 0 Å². The van der Waals surface area contributed by atoms with Gasteiger partial charge in [0.05, 0.1) is 12.3 Å². The number of hydrogen-bond donors (Lipinski definition) is 2. The largest absolute Gasteiger partial charge is 0.492 e. The van der Waals surface area contributed by atoms with Crippen LogP contribution in [0.3, 0.4) is 0 Å². The Morgan fingerprint density at radius 1 is 1.23 bits per heavy atom. The van der Waals surface area contributed by atoms with Crippen molar-refractivity contribution in [2.24, 2.45) is 0 Å². The third-order valence-corrected chi connectivity index (χ3v) is 3.66. The Hall–Kier alpha value is -1.75. The standard InChI is InChI=1S/C17H29N3O2/c1-4-20(5-2)12-8-7-11-19-17(21)14-9-10-15(18)16(13-14)22-6-3/h9-10,13H,4-8,11-12,18H2,1-3H3,(H,19,21). The van der Waals surface area contributed by atoms with Crippen LogP contribution in [0.25, 0.3) is 0 Å². The molecule has 0 spiro atoms. The number of rotatable bonds is 10. The van der Waals surface area contributed by atoms with Crippen molar-refractivity contribution in [2.45, 2.75) is 33.6 Å². The molecule has 22 heavy (non-hydrogen) atoms. The Morgan fingerprint density at radius 3 is 2.59 bits per heavy atom. The first kappa shape index (κ1) is 18.3. The van der Waals surface area contributed by atoms with Gasteiger partial charge in [-0.1, -0.05) is 13.8 Å². The molecule has 1 aromatic rings. The molecule has 0 bridgehead atoms. The molecule has 124 valence electrons. The number of amides is 1. The van der Waals surface area contributed by atoms with Crippen LogP contribution in [0.5, 0.6) is 5.75 Å². The summed E-state index contributed by atoms with van der Waals surface area (Å²) in [6, 6.07) is 5.13. The third-order valence-electron chi connectivity index (χ3n) is 3.66. The fourth-order valence-corrected chi connectivity index (χ4v) is 2.26. The van der Waals surface area contributed by atoms with E-state index in [0.29, 0.717) is 30.2 Å². The second-order valence-corrected chi connectivity index (χ2v) is 5.18. The lowest BCUT2D eigenvalue weighted by atomic mass is 10.1. The van der Waals surface area contributed by atoms with Crippen LogP contribution in [0.4, 0.5) is 5.69 Å². The molecule has 0 atom stereocenters. The monoisotopic (exact) mass is 307 g/mol. The van der Waals surface area contributed by atoms with Gasteiger partial charge in [-0.15, -0.1) is 0 Å². The molecule has 0 saturated carbocycles. The topological polar surface area (TPSA) is 67.6 Å². The van der Waals surface area contributed by atoms with Gasteiger partial charge in [-0.05, 0) is 57.6 Å². The summed E-state index contributed by atoms with van der Waals surface area (Å²) in [5.41, 5.74) is 6.95. The molecule has 1 aromatic carbocycles. The quantitative estimate of drug-likeness (QED) is 0.515. The van der Waals surface area contributed by atoms with E-state index in [1.165, 1.54) is 0 Å². The minimum Gasteiger partial charge on any atom is -0.492 e. The Balaban J connectivity index is 2.38. The summed E-state index contributed by atoms with van der Waals surface area (Å²) in [5, 5.41) is 2.94. The van der Waals surface area contributed by atoms with Gasteiger partial charge in [0.15, 0.2) is 0 Å². The van der Waals surface area contributed by atoms with E-state index in [1.54, 1.807) is 18.2 Å². The lowest BCUT2D eigenvalue weighted by molar-refractivity contribution is 0.0952. The van der Waals surface area contributed by atoms with Crippen molar-refractivity contribution < 1.29 is 9.53 Å². The van der Waals surface area contributed by atoms with E-state index in [0.717, 1.165) is 32.5 Å². The molecule has 5 nitrogen and oxygen atoms in total. The van der Waals surface area contributed by atoms with Gasteiger partial charge < -0.3 is 20.7 Å². The minimum absolute atomic E-state index is 0.0798. The number of carbonyl (C=O) groups is 1. The maximum Gasteiger partial charge on any atom is 0.251 e. The number of hydrogen-bond acceptors (Lipinski definition) is 4. The smallest absolute Gasteiger partial charge is 0.251 e. The molecule has 1 amide bonds. The highest BCUT2D eigenvalue weighted by molar-refractivity contribution is 5.95. The van der Waals surface area contributed by atoms with Gasteiger partial charge in [0.25, 0.3) is 5.91 Å². The van der Waals surface area contributed by atoms with Crippen molar-refractivity contribution in [1.82, 2.24) is 10.2 Å². The second-order valence-electron chi connectivity index (χ2n) is 5.18. The zero-order valence-electron chi connectivity index (χ0n) is 14.0. The number of carbonyl (C=O) groups excluding carboxylic acids is 1. The van der Waals surface area contributed by atoms with Crippen LogP contribution < -0.4 is 15.8 Å². The van der Waals surface area contributed by atoms with Crippen LogP contribution in [0.15, 0.2) is 18.2 Å². The first-order valence-corrected chi connectivity index (χ1v) is 8.15. The Labute approximate surface area is 133 Å². The van der Waals surface area contributed by atoms with E-state index >= 15 is 0 Å². The number of nitrogens with two attached hydrogens (primary N) is 1. The van der Waals surface area contributed by atoms with Crippen LogP contribution in [0.2, 0.25) is 0 Å². The molecule has 0 aliphatic carbocycles. The summed E-state index contributed by atoms with van der Waals surface area (Å²) in [7, 11) is 0. The Morgan fingerprint density at radius 2 is 1.95 bits per heavy atom. The summed E-state index contributed by atoms with van der Waals surface area (Å²) in [5.74, 6) is 0.487. The highest BCUT2D eigenvalue weighted by Crippen LogP contribution is 2.22. The summed E-state index contributed by atoms with van der Waals surface area (Å²) in [6.07, 6.45) is 2.07. The number of ether oxygens (including phenoxy) is 1. The normalized spacial score (nSPS) is 10.7.